The standard InChI is InChI=1S/C18H25N3O3/c19-10-17(22)20-9-8-15(11-20)12-21(16-6-7-16)18(23)24-13-14-4-2-1-3-5-14/h1-5,15-16H,6-13,19H2. The van der Waals surface area contributed by atoms with Gasteiger partial charge in [0.05, 0.1) is 6.54 Å². The Morgan fingerprint density at radius 2 is 1.96 bits per heavy atom. The topological polar surface area (TPSA) is 75.9 Å². The zero-order chi connectivity index (χ0) is 16.9. The van der Waals surface area contributed by atoms with Crippen LogP contribution < -0.4 is 5.73 Å². The second-order valence-corrected chi connectivity index (χ2v) is 6.62. The summed E-state index contributed by atoms with van der Waals surface area (Å²) in [5.74, 6) is 0.299. The molecule has 1 saturated carbocycles. The van der Waals surface area contributed by atoms with E-state index in [-0.39, 0.29) is 18.5 Å². The normalized spacial score (nSPS) is 20.0. The molecule has 1 aliphatic carbocycles. The van der Waals surface area contributed by atoms with E-state index in [4.69, 9.17) is 10.5 Å². The summed E-state index contributed by atoms with van der Waals surface area (Å²) in [6.45, 7) is 2.43. The molecule has 2 N–H and O–H groups in total. The number of rotatable bonds is 6. The number of ether oxygens (including phenoxy) is 1. The predicted molar refractivity (Wildman–Crippen MR) is 90.1 cm³/mol. The molecule has 1 atom stereocenters. The average molecular weight is 331 g/mol. The van der Waals surface area contributed by atoms with Crippen LogP contribution in [0.5, 0.6) is 0 Å². The van der Waals surface area contributed by atoms with Gasteiger partial charge in [0.25, 0.3) is 0 Å². The summed E-state index contributed by atoms with van der Waals surface area (Å²) in [5.41, 5.74) is 6.41. The van der Waals surface area contributed by atoms with Gasteiger partial charge in [-0.3, -0.25) is 4.79 Å². The van der Waals surface area contributed by atoms with Gasteiger partial charge in [-0.05, 0) is 30.7 Å². The minimum absolute atomic E-state index is 0.0119. The molecule has 1 unspecified atom stereocenters. The number of carbonyl (C=O) groups excluding carboxylic acids is 2. The van der Waals surface area contributed by atoms with Crippen LogP contribution in [0.2, 0.25) is 0 Å². The van der Waals surface area contributed by atoms with E-state index >= 15 is 0 Å². The molecular formula is C18H25N3O3. The number of likely N-dealkylation sites (tertiary alicyclic amines) is 1. The minimum Gasteiger partial charge on any atom is -0.445 e. The first-order valence-corrected chi connectivity index (χ1v) is 8.62. The van der Waals surface area contributed by atoms with Crippen LogP contribution in [0.15, 0.2) is 30.3 Å². The summed E-state index contributed by atoms with van der Waals surface area (Å²) in [7, 11) is 0. The summed E-state index contributed by atoms with van der Waals surface area (Å²) < 4.78 is 5.48. The Morgan fingerprint density at radius 1 is 1.21 bits per heavy atom. The predicted octanol–water partition coefficient (Wildman–Crippen LogP) is 1.59. The first kappa shape index (κ1) is 16.8. The lowest BCUT2D eigenvalue weighted by Gasteiger charge is -2.25. The Balaban J connectivity index is 1.51. The van der Waals surface area contributed by atoms with E-state index in [1.54, 1.807) is 4.90 Å². The van der Waals surface area contributed by atoms with Gasteiger partial charge in [0.1, 0.15) is 6.61 Å². The van der Waals surface area contributed by atoms with Crippen LogP contribution in [0.25, 0.3) is 0 Å². The monoisotopic (exact) mass is 331 g/mol. The quantitative estimate of drug-likeness (QED) is 0.859. The van der Waals surface area contributed by atoms with Crippen LogP contribution >= 0.6 is 0 Å². The molecule has 3 rings (SSSR count). The second kappa shape index (κ2) is 7.66. The smallest absolute Gasteiger partial charge is 0.410 e. The molecule has 1 heterocycles. The van der Waals surface area contributed by atoms with Crippen molar-refractivity contribution >= 4 is 12.0 Å². The maximum Gasteiger partial charge on any atom is 0.410 e. The van der Waals surface area contributed by atoms with Crippen molar-refractivity contribution in [3.63, 3.8) is 0 Å². The fraction of sp³-hybridized carbons (Fsp3) is 0.556. The molecule has 24 heavy (non-hydrogen) atoms. The molecule has 2 fully saturated rings. The lowest BCUT2D eigenvalue weighted by Crippen LogP contribution is -2.39. The van der Waals surface area contributed by atoms with E-state index in [0.29, 0.717) is 31.7 Å². The third-order valence-electron chi connectivity index (χ3n) is 4.70. The third kappa shape index (κ3) is 4.26. The zero-order valence-electron chi connectivity index (χ0n) is 13.9. The van der Waals surface area contributed by atoms with Gasteiger partial charge >= 0.3 is 6.09 Å². The summed E-state index contributed by atoms with van der Waals surface area (Å²) in [4.78, 5) is 27.8. The number of hydrogen-bond donors (Lipinski definition) is 1. The summed E-state index contributed by atoms with van der Waals surface area (Å²) >= 11 is 0. The molecule has 0 spiro atoms. The van der Waals surface area contributed by atoms with Crippen molar-refractivity contribution in [2.75, 3.05) is 26.2 Å². The van der Waals surface area contributed by atoms with Crippen molar-refractivity contribution in [2.45, 2.75) is 31.9 Å². The molecule has 1 saturated heterocycles. The van der Waals surface area contributed by atoms with Crippen molar-refractivity contribution in [1.82, 2.24) is 9.80 Å². The highest BCUT2D eigenvalue weighted by molar-refractivity contribution is 5.78. The van der Waals surface area contributed by atoms with Gasteiger partial charge in [-0.25, -0.2) is 4.79 Å². The molecule has 0 radical (unpaired) electrons. The first-order valence-electron chi connectivity index (χ1n) is 8.62. The van der Waals surface area contributed by atoms with Gasteiger partial charge in [0, 0.05) is 25.7 Å². The number of nitrogens with zero attached hydrogens (tertiary/aromatic N) is 2. The molecule has 2 amide bonds. The van der Waals surface area contributed by atoms with Crippen molar-refractivity contribution in [2.24, 2.45) is 11.7 Å². The van der Waals surface area contributed by atoms with Crippen molar-refractivity contribution < 1.29 is 14.3 Å². The van der Waals surface area contributed by atoms with Crippen LogP contribution in [0.3, 0.4) is 0 Å². The van der Waals surface area contributed by atoms with Crippen molar-refractivity contribution in [3.8, 4) is 0 Å². The van der Waals surface area contributed by atoms with E-state index in [1.807, 2.05) is 35.2 Å². The Bertz CT molecular complexity index is 574. The molecule has 2 aliphatic rings. The van der Waals surface area contributed by atoms with E-state index in [0.717, 1.165) is 31.4 Å². The van der Waals surface area contributed by atoms with Gasteiger partial charge in [0.2, 0.25) is 5.91 Å². The third-order valence-corrected chi connectivity index (χ3v) is 4.70. The van der Waals surface area contributed by atoms with Crippen LogP contribution in [-0.2, 0) is 16.1 Å². The molecule has 1 aromatic rings. The minimum atomic E-state index is -0.245. The van der Waals surface area contributed by atoms with Crippen molar-refractivity contribution in [1.29, 1.82) is 0 Å². The maximum absolute atomic E-state index is 12.5. The van der Waals surface area contributed by atoms with E-state index < -0.39 is 0 Å². The Hall–Kier alpha value is -2.08. The van der Waals surface area contributed by atoms with E-state index in [9.17, 15) is 9.59 Å². The molecular weight excluding hydrogens is 306 g/mol. The number of hydrogen-bond acceptors (Lipinski definition) is 4. The number of carbonyl (C=O) groups is 2. The van der Waals surface area contributed by atoms with Gasteiger partial charge < -0.3 is 20.3 Å². The SMILES string of the molecule is NCC(=O)N1CCC(CN(C(=O)OCc2ccccc2)C2CC2)C1. The summed E-state index contributed by atoms with van der Waals surface area (Å²) in [6, 6.07) is 10.0. The second-order valence-electron chi connectivity index (χ2n) is 6.62. The molecule has 0 aromatic heterocycles. The lowest BCUT2D eigenvalue weighted by atomic mass is 10.1. The molecule has 6 nitrogen and oxygen atoms in total. The molecule has 130 valence electrons. The maximum atomic E-state index is 12.5. The summed E-state index contributed by atoms with van der Waals surface area (Å²) in [6.07, 6.45) is 2.75. The molecule has 1 aliphatic heterocycles. The van der Waals surface area contributed by atoms with Crippen molar-refractivity contribution in [3.05, 3.63) is 35.9 Å². The Labute approximate surface area is 142 Å². The molecule has 1 aromatic carbocycles. The number of benzene rings is 1. The zero-order valence-corrected chi connectivity index (χ0v) is 13.9. The molecule has 0 bridgehead atoms. The van der Waals surface area contributed by atoms with E-state index in [2.05, 4.69) is 0 Å². The van der Waals surface area contributed by atoms with E-state index in [1.165, 1.54) is 0 Å². The van der Waals surface area contributed by atoms with Gasteiger partial charge in [-0.15, -0.1) is 0 Å². The Morgan fingerprint density at radius 3 is 2.62 bits per heavy atom. The largest absolute Gasteiger partial charge is 0.445 e. The highest BCUT2D eigenvalue weighted by Gasteiger charge is 2.37. The van der Waals surface area contributed by atoms with Gasteiger partial charge in [-0.2, -0.15) is 0 Å². The van der Waals surface area contributed by atoms with Crippen LogP contribution in [0.4, 0.5) is 4.79 Å². The van der Waals surface area contributed by atoms with Crippen LogP contribution in [-0.4, -0.2) is 54.0 Å². The Kier molecular flexibility index (Phi) is 5.35. The van der Waals surface area contributed by atoms with Gasteiger partial charge in [-0.1, -0.05) is 30.3 Å². The number of amides is 2. The fourth-order valence-corrected chi connectivity index (χ4v) is 3.18. The molecule has 6 heteroatoms. The average Bonchev–Trinajstić information content (AvgIpc) is 3.35. The van der Waals surface area contributed by atoms with Crippen LogP contribution in [0, 0.1) is 5.92 Å². The highest BCUT2D eigenvalue weighted by atomic mass is 16.6. The van der Waals surface area contributed by atoms with Crippen LogP contribution in [0.1, 0.15) is 24.8 Å². The fourth-order valence-electron chi connectivity index (χ4n) is 3.18. The van der Waals surface area contributed by atoms with Gasteiger partial charge in [0.15, 0.2) is 0 Å². The lowest BCUT2D eigenvalue weighted by molar-refractivity contribution is -0.128. The number of nitrogens with two attached hydrogens (primary N) is 1. The first-order chi connectivity index (χ1) is 11.7. The highest BCUT2D eigenvalue weighted by Crippen LogP contribution is 2.30. The summed E-state index contributed by atoms with van der Waals surface area (Å²) in [5, 5.41) is 0.